The SMILES string of the molecule is CCC1(CC)C[C@H](NC(=O)c2ccc(Cl)c(S(=O)(=O)N3CCN(C)CC3)c2)c2ccccc2O1. The van der Waals surface area contributed by atoms with Crippen molar-refractivity contribution in [1.82, 2.24) is 14.5 Å². The monoisotopic (exact) mass is 505 g/mol. The molecule has 1 fully saturated rings. The summed E-state index contributed by atoms with van der Waals surface area (Å²) in [6, 6.07) is 11.9. The molecule has 9 heteroatoms. The number of nitrogens with zero attached hydrogens (tertiary/aromatic N) is 2. The van der Waals surface area contributed by atoms with Gasteiger partial charge < -0.3 is 15.0 Å². The standard InChI is InChI=1S/C25H32ClN3O4S/c1-4-25(5-2)17-21(19-8-6-7-9-22(19)33-25)27-24(30)18-10-11-20(26)23(16-18)34(31,32)29-14-12-28(3)13-15-29/h6-11,16,21H,4-5,12-15,17H2,1-3H3,(H,27,30)/t21-/m0/s1. The van der Waals surface area contributed by atoms with Crippen molar-refractivity contribution in [2.45, 2.75) is 49.6 Å². The van der Waals surface area contributed by atoms with Gasteiger partial charge >= 0.3 is 0 Å². The van der Waals surface area contributed by atoms with Gasteiger partial charge in [-0.05, 0) is 44.2 Å². The minimum Gasteiger partial charge on any atom is -0.487 e. The molecule has 4 rings (SSSR count). The zero-order chi connectivity index (χ0) is 24.5. The molecule has 0 bridgehead atoms. The molecule has 0 spiro atoms. The van der Waals surface area contributed by atoms with Gasteiger partial charge in [-0.1, -0.05) is 43.6 Å². The average Bonchev–Trinajstić information content (AvgIpc) is 2.84. The molecule has 2 aliphatic rings. The van der Waals surface area contributed by atoms with Crippen molar-refractivity contribution in [3.05, 3.63) is 58.6 Å². The van der Waals surface area contributed by atoms with Crippen molar-refractivity contribution in [2.24, 2.45) is 0 Å². The molecule has 0 saturated carbocycles. The van der Waals surface area contributed by atoms with E-state index < -0.39 is 10.0 Å². The molecule has 1 amide bonds. The third kappa shape index (κ3) is 4.82. The summed E-state index contributed by atoms with van der Waals surface area (Å²) >= 11 is 6.30. The lowest BCUT2D eigenvalue weighted by molar-refractivity contribution is 0.0227. The van der Waals surface area contributed by atoms with Gasteiger partial charge in [-0.2, -0.15) is 4.31 Å². The molecule has 0 aromatic heterocycles. The first-order valence-corrected chi connectivity index (χ1v) is 13.6. The first-order valence-electron chi connectivity index (χ1n) is 11.8. The lowest BCUT2D eigenvalue weighted by Crippen LogP contribution is -2.47. The van der Waals surface area contributed by atoms with Crippen LogP contribution in [0.4, 0.5) is 0 Å². The van der Waals surface area contributed by atoms with E-state index in [0.29, 0.717) is 32.6 Å². The number of ether oxygens (including phenoxy) is 1. The highest BCUT2D eigenvalue weighted by Crippen LogP contribution is 2.42. The zero-order valence-corrected chi connectivity index (χ0v) is 21.5. The Morgan fingerprint density at radius 2 is 1.79 bits per heavy atom. The number of benzene rings is 2. The molecule has 2 aromatic carbocycles. The van der Waals surface area contributed by atoms with E-state index in [1.807, 2.05) is 31.3 Å². The van der Waals surface area contributed by atoms with Crippen LogP contribution in [0.2, 0.25) is 5.02 Å². The largest absolute Gasteiger partial charge is 0.487 e. The maximum absolute atomic E-state index is 13.3. The van der Waals surface area contributed by atoms with Crippen LogP contribution < -0.4 is 10.1 Å². The van der Waals surface area contributed by atoms with Gasteiger partial charge in [-0.25, -0.2) is 8.42 Å². The van der Waals surface area contributed by atoms with Crippen LogP contribution in [0, 0.1) is 0 Å². The molecular formula is C25H32ClN3O4S. The van der Waals surface area contributed by atoms with Crippen molar-refractivity contribution in [1.29, 1.82) is 0 Å². The lowest BCUT2D eigenvalue weighted by Gasteiger charge is -2.41. The van der Waals surface area contributed by atoms with E-state index in [-0.39, 0.29) is 33.0 Å². The quantitative estimate of drug-likeness (QED) is 0.639. The van der Waals surface area contributed by atoms with Gasteiger partial charge in [0.1, 0.15) is 16.2 Å². The van der Waals surface area contributed by atoms with Crippen LogP contribution in [-0.2, 0) is 10.0 Å². The number of carbonyl (C=O) groups excluding carboxylic acids is 1. The highest BCUT2D eigenvalue weighted by molar-refractivity contribution is 7.89. The summed E-state index contributed by atoms with van der Waals surface area (Å²) in [5.74, 6) is 0.437. The van der Waals surface area contributed by atoms with Crippen molar-refractivity contribution in [3.63, 3.8) is 0 Å². The number of para-hydroxylation sites is 1. The molecule has 2 aliphatic heterocycles. The molecular weight excluding hydrogens is 474 g/mol. The van der Waals surface area contributed by atoms with Gasteiger partial charge in [-0.15, -0.1) is 0 Å². The van der Waals surface area contributed by atoms with Gasteiger partial charge in [0.05, 0.1) is 11.1 Å². The van der Waals surface area contributed by atoms with Crippen LogP contribution in [0.5, 0.6) is 5.75 Å². The van der Waals surface area contributed by atoms with Crippen LogP contribution in [0.1, 0.15) is 55.1 Å². The van der Waals surface area contributed by atoms with Crippen molar-refractivity contribution < 1.29 is 17.9 Å². The normalized spacial score (nSPS) is 20.9. The number of likely N-dealkylation sites (N-methyl/N-ethyl adjacent to an activating group) is 1. The molecule has 1 atom stereocenters. The van der Waals surface area contributed by atoms with Crippen LogP contribution in [-0.4, -0.2) is 62.4 Å². The van der Waals surface area contributed by atoms with Crippen LogP contribution in [0.3, 0.4) is 0 Å². The Hall–Kier alpha value is -2.13. The number of hydrogen-bond donors (Lipinski definition) is 1. The van der Waals surface area contributed by atoms with Crippen LogP contribution in [0.15, 0.2) is 47.4 Å². The maximum Gasteiger partial charge on any atom is 0.251 e. The lowest BCUT2D eigenvalue weighted by atomic mass is 9.83. The highest BCUT2D eigenvalue weighted by atomic mass is 35.5. The molecule has 184 valence electrons. The molecule has 2 aromatic rings. The fraction of sp³-hybridized carbons (Fsp3) is 0.480. The van der Waals surface area contributed by atoms with E-state index in [2.05, 4.69) is 24.1 Å². The Morgan fingerprint density at radius 3 is 2.47 bits per heavy atom. The summed E-state index contributed by atoms with van der Waals surface area (Å²) < 4.78 is 34.3. The van der Waals surface area contributed by atoms with E-state index in [4.69, 9.17) is 16.3 Å². The molecule has 7 nitrogen and oxygen atoms in total. The Labute approximate surface area is 207 Å². The predicted octanol–water partition coefficient (Wildman–Crippen LogP) is 4.09. The fourth-order valence-electron chi connectivity index (χ4n) is 4.68. The minimum absolute atomic E-state index is 0.0322. The number of piperazine rings is 1. The van der Waals surface area contributed by atoms with Gasteiger partial charge in [0.2, 0.25) is 10.0 Å². The molecule has 1 N–H and O–H groups in total. The number of fused-ring (bicyclic) bond motifs is 1. The Balaban J connectivity index is 1.61. The third-order valence-corrected chi connectivity index (χ3v) is 9.44. The predicted molar refractivity (Wildman–Crippen MR) is 133 cm³/mol. The second-order valence-electron chi connectivity index (χ2n) is 9.11. The Bertz CT molecular complexity index is 1160. The fourth-order valence-corrected chi connectivity index (χ4v) is 6.60. The molecule has 0 aliphatic carbocycles. The van der Waals surface area contributed by atoms with Gasteiger partial charge in [-0.3, -0.25) is 4.79 Å². The van der Waals surface area contributed by atoms with Crippen molar-refractivity contribution in [2.75, 3.05) is 33.2 Å². The van der Waals surface area contributed by atoms with Crippen LogP contribution in [0.25, 0.3) is 0 Å². The molecule has 34 heavy (non-hydrogen) atoms. The molecule has 1 saturated heterocycles. The van der Waals surface area contributed by atoms with Crippen LogP contribution >= 0.6 is 11.6 Å². The van der Waals surface area contributed by atoms with E-state index >= 15 is 0 Å². The number of carbonyl (C=O) groups is 1. The molecule has 2 heterocycles. The average molecular weight is 506 g/mol. The topological polar surface area (TPSA) is 79.0 Å². The summed E-state index contributed by atoms with van der Waals surface area (Å²) in [6.45, 7) is 6.25. The number of sulfonamides is 1. The van der Waals surface area contributed by atoms with Gasteiger partial charge in [0, 0.05) is 43.7 Å². The van der Waals surface area contributed by atoms with Gasteiger partial charge in [0.15, 0.2) is 0 Å². The van der Waals surface area contributed by atoms with E-state index in [9.17, 15) is 13.2 Å². The number of rotatable bonds is 6. The number of amides is 1. The van der Waals surface area contributed by atoms with E-state index in [1.54, 1.807) is 6.07 Å². The van der Waals surface area contributed by atoms with Crippen molar-refractivity contribution >= 4 is 27.5 Å². The summed E-state index contributed by atoms with van der Waals surface area (Å²) in [6.07, 6.45) is 2.28. The highest BCUT2D eigenvalue weighted by Gasteiger charge is 2.39. The minimum atomic E-state index is -3.81. The van der Waals surface area contributed by atoms with E-state index in [0.717, 1.165) is 24.2 Å². The Morgan fingerprint density at radius 1 is 1.12 bits per heavy atom. The first kappa shape index (κ1) is 25.0. The number of hydrogen-bond acceptors (Lipinski definition) is 5. The molecule has 0 unspecified atom stereocenters. The first-order chi connectivity index (χ1) is 16.2. The molecule has 0 radical (unpaired) electrons. The summed E-state index contributed by atoms with van der Waals surface area (Å²) in [4.78, 5) is 15.4. The summed E-state index contributed by atoms with van der Waals surface area (Å²) in [7, 11) is -1.85. The third-order valence-electron chi connectivity index (χ3n) is 7.06. The van der Waals surface area contributed by atoms with Crippen molar-refractivity contribution in [3.8, 4) is 5.75 Å². The second kappa shape index (κ2) is 9.85. The number of nitrogens with one attached hydrogen (secondary N) is 1. The number of halogens is 1. The maximum atomic E-state index is 13.3. The Kier molecular flexibility index (Phi) is 7.24. The summed E-state index contributed by atoms with van der Waals surface area (Å²) in [5.41, 5.74) is 0.828. The van der Waals surface area contributed by atoms with Gasteiger partial charge in [0.25, 0.3) is 5.91 Å². The second-order valence-corrected chi connectivity index (χ2v) is 11.4. The summed E-state index contributed by atoms with van der Waals surface area (Å²) in [5, 5.41) is 3.23. The zero-order valence-electron chi connectivity index (χ0n) is 19.9. The van der Waals surface area contributed by atoms with E-state index in [1.165, 1.54) is 16.4 Å². The smallest absolute Gasteiger partial charge is 0.251 e.